The standard InChI is InChI=1S/C23H27N3O3/c1-15(2)20(26-22(28)17-12-8-9-13-18(17)23(26)29)21(27)24-14-19(25(3)4)16-10-6-5-7-11-16/h5-13,15,19-20H,14H2,1-4H3,(H,24,27)/p+1/t19-,20-/m0/s1. The largest absolute Gasteiger partial charge is 0.348 e. The van der Waals surface area contributed by atoms with E-state index in [0.717, 1.165) is 10.5 Å². The Morgan fingerprint density at radius 2 is 1.45 bits per heavy atom. The molecule has 2 aromatic rings. The Morgan fingerprint density at radius 3 is 1.93 bits per heavy atom. The summed E-state index contributed by atoms with van der Waals surface area (Å²) in [5, 5.41) is 2.98. The highest BCUT2D eigenvalue weighted by molar-refractivity contribution is 6.22. The van der Waals surface area contributed by atoms with Crippen LogP contribution in [0, 0.1) is 5.92 Å². The van der Waals surface area contributed by atoms with E-state index >= 15 is 0 Å². The lowest BCUT2D eigenvalue weighted by Crippen LogP contribution is -3.07. The maximum atomic E-state index is 13.1. The van der Waals surface area contributed by atoms with Crippen LogP contribution in [0.4, 0.5) is 0 Å². The topological polar surface area (TPSA) is 70.9 Å². The molecule has 152 valence electrons. The first-order valence-electron chi connectivity index (χ1n) is 9.92. The van der Waals surface area contributed by atoms with Crippen LogP contribution < -0.4 is 10.2 Å². The van der Waals surface area contributed by atoms with Crippen molar-refractivity contribution in [3.8, 4) is 0 Å². The van der Waals surface area contributed by atoms with E-state index in [1.807, 2.05) is 58.3 Å². The second-order valence-corrected chi connectivity index (χ2v) is 8.00. The molecule has 0 radical (unpaired) electrons. The minimum absolute atomic E-state index is 0.0649. The average Bonchev–Trinajstić information content (AvgIpc) is 2.94. The molecule has 3 rings (SSSR count). The van der Waals surface area contributed by atoms with Gasteiger partial charge in [0, 0.05) is 5.56 Å². The fourth-order valence-electron chi connectivity index (χ4n) is 3.83. The first kappa shape index (κ1) is 20.7. The molecule has 1 aliphatic rings. The van der Waals surface area contributed by atoms with E-state index in [2.05, 4.69) is 5.32 Å². The first-order valence-corrected chi connectivity index (χ1v) is 9.92. The van der Waals surface area contributed by atoms with Crippen LogP contribution in [0.1, 0.15) is 46.2 Å². The Labute approximate surface area is 171 Å². The Hall–Kier alpha value is -2.99. The highest BCUT2D eigenvalue weighted by Gasteiger charge is 2.44. The Bertz CT molecular complexity index is 874. The van der Waals surface area contributed by atoms with Crippen LogP contribution in [0.25, 0.3) is 0 Å². The quantitative estimate of drug-likeness (QED) is 0.696. The molecule has 2 atom stereocenters. The molecule has 2 aromatic carbocycles. The summed E-state index contributed by atoms with van der Waals surface area (Å²) in [5.41, 5.74) is 1.83. The summed E-state index contributed by atoms with van der Waals surface area (Å²) < 4.78 is 0. The van der Waals surface area contributed by atoms with E-state index in [1.54, 1.807) is 24.3 Å². The van der Waals surface area contributed by atoms with Gasteiger partial charge in [-0.3, -0.25) is 19.3 Å². The summed E-state index contributed by atoms with van der Waals surface area (Å²) >= 11 is 0. The molecule has 0 spiro atoms. The molecule has 0 bridgehead atoms. The molecule has 0 saturated carbocycles. The van der Waals surface area contributed by atoms with Crippen LogP contribution in [0.3, 0.4) is 0 Å². The normalized spacial score (nSPS) is 15.6. The van der Waals surface area contributed by atoms with E-state index in [-0.39, 0.29) is 17.9 Å². The zero-order valence-electron chi connectivity index (χ0n) is 17.3. The lowest BCUT2D eigenvalue weighted by Gasteiger charge is -2.29. The van der Waals surface area contributed by atoms with Crippen molar-refractivity contribution < 1.29 is 19.3 Å². The van der Waals surface area contributed by atoms with Gasteiger partial charge < -0.3 is 10.2 Å². The Balaban J connectivity index is 1.79. The van der Waals surface area contributed by atoms with Crippen molar-refractivity contribution in [2.45, 2.75) is 25.9 Å². The van der Waals surface area contributed by atoms with E-state index in [9.17, 15) is 14.4 Å². The molecule has 0 aliphatic carbocycles. The predicted molar refractivity (Wildman–Crippen MR) is 111 cm³/mol. The number of hydrogen-bond acceptors (Lipinski definition) is 3. The van der Waals surface area contributed by atoms with Crippen molar-refractivity contribution >= 4 is 17.7 Å². The number of rotatable bonds is 7. The van der Waals surface area contributed by atoms with Gasteiger partial charge in [0.05, 0.1) is 31.8 Å². The summed E-state index contributed by atoms with van der Waals surface area (Å²) in [6, 6.07) is 15.9. The maximum absolute atomic E-state index is 13.1. The number of hydrogen-bond donors (Lipinski definition) is 2. The number of benzene rings is 2. The number of carbonyl (C=O) groups is 3. The van der Waals surface area contributed by atoms with Crippen molar-refractivity contribution in [2.75, 3.05) is 20.6 Å². The van der Waals surface area contributed by atoms with Gasteiger partial charge in [-0.05, 0) is 18.1 Å². The molecule has 1 aliphatic heterocycles. The van der Waals surface area contributed by atoms with Gasteiger partial charge in [0.2, 0.25) is 5.91 Å². The zero-order valence-corrected chi connectivity index (χ0v) is 17.3. The van der Waals surface area contributed by atoms with Crippen molar-refractivity contribution in [3.05, 3.63) is 71.3 Å². The van der Waals surface area contributed by atoms with Crippen LogP contribution in [0.5, 0.6) is 0 Å². The molecule has 1 heterocycles. The SMILES string of the molecule is CC(C)[C@@H](C(=O)NC[C@@H](c1ccccc1)[NH+](C)C)N1C(=O)c2ccccc2C1=O. The molecule has 0 fully saturated rings. The Kier molecular flexibility index (Phi) is 6.13. The average molecular weight is 394 g/mol. The molecule has 2 N–H and O–H groups in total. The molecule has 0 saturated heterocycles. The van der Waals surface area contributed by atoms with E-state index in [0.29, 0.717) is 17.7 Å². The molecule has 0 aromatic heterocycles. The van der Waals surface area contributed by atoms with Gasteiger partial charge in [-0.25, -0.2) is 0 Å². The smallest absolute Gasteiger partial charge is 0.262 e. The minimum Gasteiger partial charge on any atom is -0.348 e. The van der Waals surface area contributed by atoms with Gasteiger partial charge in [0.1, 0.15) is 12.1 Å². The summed E-state index contributed by atoms with van der Waals surface area (Å²) in [5.74, 6) is -1.33. The second kappa shape index (κ2) is 8.57. The number of imide groups is 1. The van der Waals surface area contributed by atoms with E-state index in [1.165, 1.54) is 4.90 Å². The number of nitrogens with one attached hydrogen (secondary N) is 2. The van der Waals surface area contributed by atoms with Crippen molar-refractivity contribution in [3.63, 3.8) is 0 Å². The summed E-state index contributed by atoms with van der Waals surface area (Å²) in [6.45, 7) is 4.11. The van der Waals surface area contributed by atoms with Crippen molar-refractivity contribution in [1.29, 1.82) is 0 Å². The molecular formula is C23H28N3O3+. The number of likely N-dealkylation sites (N-methyl/N-ethyl adjacent to an activating group) is 1. The van der Waals surface area contributed by atoms with Gasteiger partial charge in [-0.1, -0.05) is 56.3 Å². The lowest BCUT2D eigenvalue weighted by atomic mass is 10.0. The number of carbonyl (C=O) groups excluding carboxylic acids is 3. The van der Waals surface area contributed by atoms with E-state index in [4.69, 9.17) is 0 Å². The monoisotopic (exact) mass is 394 g/mol. The van der Waals surface area contributed by atoms with Crippen LogP contribution >= 0.6 is 0 Å². The molecule has 6 heteroatoms. The molecule has 3 amide bonds. The third kappa shape index (κ3) is 4.07. The van der Waals surface area contributed by atoms with Crippen LogP contribution in [0.2, 0.25) is 0 Å². The highest BCUT2D eigenvalue weighted by Crippen LogP contribution is 2.27. The lowest BCUT2D eigenvalue weighted by molar-refractivity contribution is -0.890. The van der Waals surface area contributed by atoms with Gasteiger partial charge in [-0.15, -0.1) is 0 Å². The van der Waals surface area contributed by atoms with Crippen molar-refractivity contribution in [1.82, 2.24) is 10.2 Å². The summed E-state index contributed by atoms with van der Waals surface area (Å²) in [4.78, 5) is 41.1. The molecule has 0 unspecified atom stereocenters. The van der Waals surface area contributed by atoms with Gasteiger partial charge >= 0.3 is 0 Å². The highest BCUT2D eigenvalue weighted by atomic mass is 16.2. The fraction of sp³-hybridized carbons (Fsp3) is 0.348. The van der Waals surface area contributed by atoms with E-state index < -0.39 is 17.9 Å². The van der Waals surface area contributed by atoms with Crippen molar-refractivity contribution in [2.24, 2.45) is 5.92 Å². The number of fused-ring (bicyclic) bond motifs is 1. The molecule has 29 heavy (non-hydrogen) atoms. The third-order valence-corrected chi connectivity index (χ3v) is 5.38. The minimum atomic E-state index is -0.851. The molecular weight excluding hydrogens is 366 g/mol. The second-order valence-electron chi connectivity index (χ2n) is 8.00. The number of quaternary nitrogens is 1. The summed E-state index contributed by atoms with van der Waals surface area (Å²) in [7, 11) is 4.07. The first-order chi connectivity index (χ1) is 13.8. The maximum Gasteiger partial charge on any atom is 0.262 e. The number of amides is 3. The van der Waals surface area contributed by atoms with Crippen LogP contribution in [0.15, 0.2) is 54.6 Å². The van der Waals surface area contributed by atoms with Crippen LogP contribution in [-0.2, 0) is 4.79 Å². The fourth-order valence-corrected chi connectivity index (χ4v) is 3.83. The van der Waals surface area contributed by atoms with Crippen LogP contribution in [-0.4, -0.2) is 49.3 Å². The predicted octanol–water partition coefficient (Wildman–Crippen LogP) is 1.31. The Morgan fingerprint density at radius 1 is 0.931 bits per heavy atom. The third-order valence-electron chi connectivity index (χ3n) is 5.38. The molecule has 6 nitrogen and oxygen atoms in total. The van der Waals surface area contributed by atoms with Gasteiger partial charge in [-0.2, -0.15) is 0 Å². The summed E-state index contributed by atoms with van der Waals surface area (Å²) in [6.07, 6.45) is 0. The zero-order chi connectivity index (χ0) is 21.1. The van der Waals surface area contributed by atoms with Gasteiger partial charge in [0.15, 0.2) is 0 Å². The number of nitrogens with zero attached hydrogens (tertiary/aromatic N) is 1. The van der Waals surface area contributed by atoms with Gasteiger partial charge in [0.25, 0.3) is 11.8 Å².